The lowest BCUT2D eigenvalue weighted by atomic mass is 9.80. The molecule has 0 saturated heterocycles. The Bertz CT molecular complexity index is 1030. The van der Waals surface area contributed by atoms with E-state index in [4.69, 9.17) is 4.55 Å². The van der Waals surface area contributed by atoms with Crippen LogP contribution in [0.15, 0.2) is 48.5 Å². The monoisotopic (exact) mass is 434 g/mol. The summed E-state index contributed by atoms with van der Waals surface area (Å²) in [5.41, 5.74) is 1.86. The summed E-state index contributed by atoms with van der Waals surface area (Å²) in [6.07, 6.45) is 4.39. The van der Waals surface area contributed by atoms with Crippen LogP contribution in [0.3, 0.4) is 0 Å². The number of para-hydroxylation sites is 1. The standard InChI is InChI=1S/C21H26N2O6S/c1-21(2,12-5-7-16-15-17(23(25)26)10-11-20(16)24)18-8-3-4-9-19(18)22-13-6-14-30(27,28)29/h3-5,7-11,15,22,24H,6,12-14H2,1-2H3,(H,27,28,29)/b7-5-. The maximum absolute atomic E-state index is 10.9. The highest BCUT2D eigenvalue weighted by Crippen LogP contribution is 2.34. The molecule has 0 atom stereocenters. The maximum Gasteiger partial charge on any atom is 0.270 e. The van der Waals surface area contributed by atoms with Gasteiger partial charge in [0.25, 0.3) is 15.8 Å². The molecule has 0 fully saturated rings. The Hall–Kier alpha value is -2.91. The number of nitro groups is 1. The summed E-state index contributed by atoms with van der Waals surface area (Å²) in [5, 5.41) is 24.1. The highest BCUT2D eigenvalue weighted by molar-refractivity contribution is 7.85. The number of nitro benzene ring substituents is 1. The summed E-state index contributed by atoms with van der Waals surface area (Å²) in [5.74, 6) is -0.336. The average molecular weight is 435 g/mol. The molecule has 0 spiro atoms. The number of nitrogens with one attached hydrogen (secondary N) is 1. The largest absolute Gasteiger partial charge is 0.507 e. The number of hydrogen-bond acceptors (Lipinski definition) is 6. The van der Waals surface area contributed by atoms with E-state index in [9.17, 15) is 23.6 Å². The van der Waals surface area contributed by atoms with E-state index in [0.29, 0.717) is 18.5 Å². The van der Waals surface area contributed by atoms with Gasteiger partial charge < -0.3 is 10.4 Å². The third-order valence-corrected chi connectivity index (χ3v) is 5.50. The fourth-order valence-corrected chi connectivity index (χ4v) is 3.59. The molecule has 0 heterocycles. The molecule has 0 aromatic heterocycles. The summed E-state index contributed by atoms with van der Waals surface area (Å²) >= 11 is 0. The number of phenolic OH excluding ortho intramolecular Hbond substituents is 1. The van der Waals surface area contributed by atoms with Gasteiger partial charge >= 0.3 is 0 Å². The van der Waals surface area contributed by atoms with Crippen molar-refractivity contribution in [3.8, 4) is 5.75 Å². The van der Waals surface area contributed by atoms with E-state index < -0.39 is 15.0 Å². The highest BCUT2D eigenvalue weighted by Gasteiger charge is 2.22. The van der Waals surface area contributed by atoms with E-state index >= 15 is 0 Å². The van der Waals surface area contributed by atoms with Crippen molar-refractivity contribution in [3.05, 3.63) is 69.8 Å². The van der Waals surface area contributed by atoms with E-state index in [1.807, 2.05) is 44.2 Å². The molecule has 0 aliphatic rings. The van der Waals surface area contributed by atoms with Crippen molar-refractivity contribution >= 4 is 27.6 Å². The Morgan fingerprint density at radius 1 is 1.20 bits per heavy atom. The van der Waals surface area contributed by atoms with Gasteiger partial charge in [-0.3, -0.25) is 14.7 Å². The number of aromatic hydroxyl groups is 1. The molecule has 2 aromatic carbocycles. The molecule has 8 nitrogen and oxygen atoms in total. The van der Waals surface area contributed by atoms with Gasteiger partial charge in [0.15, 0.2) is 0 Å². The molecular formula is C21H26N2O6S. The number of non-ortho nitro benzene ring substituents is 1. The fraction of sp³-hybridized carbons (Fsp3) is 0.333. The van der Waals surface area contributed by atoms with Crippen molar-refractivity contribution in [1.29, 1.82) is 0 Å². The average Bonchev–Trinajstić information content (AvgIpc) is 2.66. The van der Waals surface area contributed by atoms with Crippen LogP contribution in [0.1, 0.15) is 37.8 Å². The molecule has 0 aliphatic carbocycles. The first-order chi connectivity index (χ1) is 14.0. The van der Waals surface area contributed by atoms with Crippen LogP contribution in [0.4, 0.5) is 11.4 Å². The van der Waals surface area contributed by atoms with Crippen LogP contribution < -0.4 is 5.32 Å². The van der Waals surface area contributed by atoms with Gasteiger partial charge in [-0.1, -0.05) is 44.2 Å². The Balaban J connectivity index is 2.11. The molecule has 9 heteroatoms. The lowest BCUT2D eigenvalue weighted by Gasteiger charge is -2.27. The first-order valence-electron chi connectivity index (χ1n) is 9.42. The zero-order valence-corrected chi connectivity index (χ0v) is 17.7. The van der Waals surface area contributed by atoms with Gasteiger partial charge in [-0.2, -0.15) is 8.42 Å². The summed E-state index contributed by atoms with van der Waals surface area (Å²) < 4.78 is 30.5. The molecule has 0 aliphatic heterocycles. The van der Waals surface area contributed by atoms with Gasteiger partial charge in [0.05, 0.1) is 10.7 Å². The van der Waals surface area contributed by atoms with E-state index in [1.165, 1.54) is 18.2 Å². The van der Waals surface area contributed by atoms with Crippen molar-refractivity contribution < 1.29 is 23.0 Å². The van der Waals surface area contributed by atoms with Crippen LogP contribution >= 0.6 is 0 Å². The van der Waals surface area contributed by atoms with Crippen molar-refractivity contribution in [1.82, 2.24) is 0 Å². The first kappa shape index (κ1) is 23.4. The number of nitrogens with zero attached hydrogens (tertiary/aromatic N) is 1. The Morgan fingerprint density at radius 2 is 1.90 bits per heavy atom. The normalized spacial score (nSPS) is 12.2. The molecule has 162 valence electrons. The van der Waals surface area contributed by atoms with Crippen LogP contribution in [0, 0.1) is 10.1 Å². The second kappa shape index (κ2) is 9.73. The lowest BCUT2D eigenvalue weighted by Crippen LogP contribution is -2.19. The summed E-state index contributed by atoms with van der Waals surface area (Å²) in [7, 11) is -3.98. The van der Waals surface area contributed by atoms with Gasteiger partial charge in [0, 0.05) is 29.9 Å². The fourth-order valence-electron chi connectivity index (χ4n) is 3.08. The predicted octanol–water partition coefficient (Wildman–Crippen LogP) is 4.37. The zero-order valence-electron chi connectivity index (χ0n) is 16.9. The number of phenols is 1. The smallest absolute Gasteiger partial charge is 0.270 e. The Kier molecular flexibility index (Phi) is 7.58. The van der Waals surface area contributed by atoms with E-state index in [0.717, 1.165) is 11.3 Å². The van der Waals surface area contributed by atoms with Crippen molar-refractivity contribution in [3.63, 3.8) is 0 Å². The Labute approximate surface area is 176 Å². The summed E-state index contributed by atoms with van der Waals surface area (Å²) in [4.78, 5) is 10.4. The molecule has 0 unspecified atom stereocenters. The minimum Gasteiger partial charge on any atom is -0.507 e. The minimum absolute atomic E-state index is 0.0319. The number of rotatable bonds is 10. The van der Waals surface area contributed by atoms with Gasteiger partial charge in [0.1, 0.15) is 5.75 Å². The van der Waals surface area contributed by atoms with Crippen molar-refractivity contribution in [2.24, 2.45) is 0 Å². The van der Waals surface area contributed by atoms with Gasteiger partial charge in [-0.15, -0.1) is 0 Å². The maximum atomic E-state index is 10.9. The Morgan fingerprint density at radius 3 is 2.57 bits per heavy atom. The minimum atomic E-state index is -3.98. The van der Waals surface area contributed by atoms with Crippen molar-refractivity contribution in [2.75, 3.05) is 17.6 Å². The summed E-state index contributed by atoms with van der Waals surface area (Å²) in [6.45, 7) is 4.48. The molecule has 0 amide bonds. The predicted molar refractivity (Wildman–Crippen MR) is 117 cm³/mol. The SMILES string of the molecule is CC(C)(C/C=C\c1cc([N+](=O)[O-])ccc1O)c1ccccc1NCCCS(=O)(=O)O. The third-order valence-electron chi connectivity index (χ3n) is 4.70. The second-order valence-corrected chi connectivity index (χ2v) is 9.17. The molecule has 2 aromatic rings. The number of allylic oxidation sites excluding steroid dienone is 1. The molecule has 30 heavy (non-hydrogen) atoms. The molecule has 0 bridgehead atoms. The zero-order chi connectivity index (χ0) is 22.4. The van der Waals surface area contributed by atoms with E-state index in [2.05, 4.69) is 5.32 Å². The van der Waals surface area contributed by atoms with E-state index in [-0.39, 0.29) is 29.0 Å². The van der Waals surface area contributed by atoms with Crippen molar-refractivity contribution in [2.45, 2.75) is 32.1 Å². The second-order valence-electron chi connectivity index (χ2n) is 7.60. The van der Waals surface area contributed by atoms with E-state index in [1.54, 1.807) is 6.08 Å². The molecule has 0 saturated carbocycles. The number of anilines is 1. The molecular weight excluding hydrogens is 408 g/mol. The number of hydrogen-bond donors (Lipinski definition) is 3. The van der Waals surface area contributed by atoms with Crippen LogP contribution in [0.5, 0.6) is 5.75 Å². The quantitative estimate of drug-likeness (QED) is 0.219. The van der Waals surface area contributed by atoms with Gasteiger partial charge in [-0.05, 0) is 36.0 Å². The van der Waals surface area contributed by atoms with Crippen LogP contribution in [-0.4, -0.2) is 35.3 Å². The molecule has 0 radical (unpaired) electrons. The van der Waals surface area contributed by atoms with Gasteiger partial charge in [-0.25, -0.2) is 0 Å². The highest BCUT2D eigenvalue weighted by atomic mass is 32.2. The molecule has 3 N–H and O–H groups in total. The lowest BCUT2D eigenvalue weighted by molar-refractivity contribution is -0.384. The summed E-state index contributed by atoms with van der Waals surface area (Å²) in [6, 6.07) is 11.5. The van der Waals surface area contributed by atoms with Crippen LogP contribution in [0.2, 0.25) is 0 Å². The number of benzene rings is 2. The third kappa shape index (κ3) is 6.85. The topological polar surface area (TPSA) is 130 Å². The first-order valence-corrected chi connectivity index (χ1v) is 11.0. The van der Waals surface area contributed by atoms with Crippen LogP contribution in [-0.2, 0) is 15.5 Å². The molecule has 2 rings (SSSR count). The van der Waals surface area contributed by atoms with Gasteiger partial charge in [0.2, 0.25) is 0 Å². The van der Waals surface area contributed by atoms with Crippen LogP contribution in [0.25, 0.3) is 6.08 Å².